The third kappa shape index (κ3) is 2.07. The van der Waals surface area contributed by atoms with E-state index in [2.05, 4.69) is 0 Å². The summed E-state index contributed by atoms with van der Waals surface area (Å²) in [6.45, 7) is 0.320. The van der Waals surface area contributed by atoms with Crippen molar-refractivity contribution >= 4 is 18.1 Å². The van der Waals surface area contributed by atoms with Crippen LogP contribution in [0.2, 0.25) is 0 Å². The molecule has 0 aliphatic carbocycles. The third-order valence-corrected chi connectivity index (χ3v) is 2.33. The first-order chi connectivity index (χ1) is 7.09. The first-order valence-corrected chi connectivity index (χ1v) is 4.46. The minimum Gasteiger partial charge on any atom is -0.487 e. The van der Waals surface area contributed by atoms with Gasteiger partial charge in [0.15, 0.2) is 0 Å². The molecule has 0 spiro atoms. The molecule has 2 rings (SSSR count). The highest BCUT2D eigenvalue weighted by Crippen LogP contribution is 2.38. The lowest BCUT2D eigenvalue weighted by Crippen LogP contribution is -2.21. The van der Waals surface area contributed by atoms with Crippen molar-refractivity contribution in [3.8, 4) is 5.75 Å². The van der Waals surface area contributed by atoms with Crippen LogP contribution in [-0.2, 0) is 0 Å². The molecule has 0 unspecified atom stereocenters. The van der Waals surface area contributed by atoms with E-state index in [0.29, 0.717) is 18.6 Å². The maximum absolute atomic E-state index is 13.1. The first-order valence-electron chi connectivity index (χ1n) is 4.46. The molecule has 0 saturated heterocycles. The third-order valence-electron chi connectivity index (χ3n) is 2.33. The standard InChI is InChI=1S/C9H9FN2O3.ClH/c10-5-3-6-7(11)1-2-15-9(6)8(4-5)12(13)14;/h3-4,7H,1-2,11H2;1H/t7-;/m0./s1. The number of nitrogens with zero attached hydrogens (tertiary/aromatic N) is 1. The number of fused-ring (bicyclic) bond motifs is 1. The van der Waals surface area contributed by atoms with Crippen molar-refractivity contribution in [2.24, 2.45) is 5.73 Å². The van der Waals surface area contributed by atoms with Gasteiger partial charge < -0.3 is 10.5 Å². The number of ether oxygens (including phenoxy) is 1. The number of benzene rings is 1. The van der Waals surface area contributed by atoms with Crippen molar-refractivity contribution in [1.29, 1.82) is 0 Å². The normalized spacial score (nSPS) is 18.0. The van der Waals surface area contributed by atoms with E-state index in [0.717, 1.165) is 6.07 Å². The largest absolute Gasteiger partial charge is 0.487 e. The highest BCUT2D eigenvalue weighted by atomic mass is 35.5. The van der Waals surface area contributed by atoms with E-state index < -0.39 is 16.8 Å². The van der Waals surface area contributed by atoms with Gasteiger partial charge in [-0.2, -0.15) is 0 Å². The predicted molar refractivity (Wildman–Crippen MR) is 57.3 cm³/mol. The lowest BCUT2D eigenvalue weighted by atomic mass is 10.0. The fourth-order valence-corrected chi connectivity index (χ4v) is 1.61. The molecule has 0 amide bonds. The summed E-state index contributed by atoms with van der Waals surface area (Å²) in [5, 5.41) is 10.6. The van der Waals surface area contributed by atoms with E-state index in [-0.39, 0.29) is 23.8 Å². The Morgan fingerprint density at radius 2 is 2.25 bits per heavy atom. The number of hydrogen-bond donors (Lipinski definition) is 1. The van der Waals surface area contributed by atoms with Gasteiger partial charge in [-0.25, -0.2) is 4.39 Å². The predicted octanol–water partition coefficient (Wildman–Crippen LogP) is 1.94. The van der Waals surface area contributed by atoms with E-state index in [9.17, 15) is 14.5 Å². The minimum absolute atomic E-state index is 0. The van der Waals surface area contributed by atoms with Crippen LogP contribution in [0, 0.1) is 15.9 Å². The molecule has 88 valence electrons. The zero-order chi connectivity index (χ0) is 11.0. The van der Waals surface area contributed by atoms with Crippen molar-refractivity contribution in [2.45, 2.75) is 12.5 Å². The van der Waals surface area contributed by atoms with Crippen molar-refractivity contribution in [1.82, 2.24) is 0 Å². The zero-order valence-electron chi connectivity index (χ0n) is 8.18. The lowest BCUT2D eigenvalue weighted by Gasteiger charge is -2.22. The fourth-order valence-electron chi connectivity index (χ4n) is 1.61. The molecule has 5 nitrogen and oxygen atoms in total. The van der Waals surface area contributed by atoms with Gasteiger partial charge in [-0.1, -0.05) is 0 Å². The fraction of sp³-hybridized carbons (Fsp3) is 0.333. The maximum Gasteiger partial charge on any atom is 0.314 e. The monoisotopic (exact) mass is 248 g/mol. The van der Waals surface area contributed by atoms with Gasteiger partial charge in [0.2, 0.25) is 5.75 Å². The van der Waals surface area contributed by atoms with Gasteiger partial charge in [-0.15, -0.1) is 12.4 Å². The molecule has 1 aliphatic rings. The van der Waals surface area contributed by atoms with Crippen LogP contribution in [0.5, 0.6) is 5.75 Å². The van der Waals surface area contributed by atoms with E-state index >= 15 is 0 Å². The molecule has 0 fully saturated rings. The van der Waals surface area contributed by atoms with Crippen molar-refractivity contribution in [3.05, 3.63) is 33.6 Å². The summed E-state index contributed by atoms with van der Waals surface area (Å²) in [6.07, 6.45) is 0.535. The molecule has 2 N–H and O–H groups in total. The SMILES string of the molecule is Cl.N[C@H]1CCOc2c1cc(F)cc2[N+](=O)[O-]. The van der Waals surface area contributed by atoms with Crippen LogP contribution in [-0.4, -0.2) is 11.5 Å². The number of nitro groups is 1. The molecule has 1 aromatic carbocycles. The molecule has 1 atom stereocenters. The van der Waals surface area contributed by atoms with Gasteiger partial charge in [0.1, 0.15) is 5.82 Å². The smallest absolute Gasteiger partial charge is 0.314 e. The van der Waals surface area contributed by atoms with Gasteiger partial charge in [-0.05, 0) is 6.07 Å². The van der Waals surface area contributed by atoms with Gasteiger partial charge in [0.25, 0.3) is 0 Å². The Kier molecular flexibility index (Phi) is 3.66. The van der Waals surface area contributed by atoms with Crippen LogP contribution in [0.25, 0.3) is 0 Å². The molecule has 7 heteroatoms. The van der Waals surface area contributed by atoms with Crippen LogP contribution in [0.15, 0.2) is 12.1 Å². The van der Waals surface area contributed by atoms with Crippen LogP contribution >= 0.6 is 12.4 Å². The Bertz CT molecular complexity index is 427. The number of halogens is 2. The van der Waals surface area contributed by atoms with E-state index in [1.54, 1.807) is 0 Å². The number of nitrogens with two attached hydrogens (primary N) is 1. The minimum atomic E-state index is -0.667. The zero-order valence-corrected chi connectivity index (χ0v) is 9.00. The number of rotatable bonds is 1. The van der Waals surface area contributed by atoms with Crippen LogP contribution in [0.4, 0.5) is 10.1 Å². The Morgan fingerprint density at radius 3 is 2.88 bits per heavy atom. The summed E-state index contributed by atoms with van der Waals surface area (Å²) in [7, 11) is 0. The summed E-state index contributed by atoms with van der Waals surface area (Å²) in [6, 6.07) is 1.63. The van der Waals surface area contributed by atoms with E-state index in [1.807, 2.05) is 0 Å². The number of hydrogen-bond acceptors (Lipinski definition) is 4. The molecular weight excluding hydrogens is 239 g/mol. The lowest BCUT2D eigenvalue weighted by molar-refractivity contribution is -0.386. The van der Waals surface area contributed by atoms with Crippen LogP contribution in [0.3, 0.4) is 0 Å². The van der Waals surface area contributed by atoms with Crippen molar-refractivity contribution in [2.75, 3.05) is 6.61 Å². The molecule has 0 aromatic heterocycles. The number of nitro benzene ring substituents is 1. The topological polar surface area (TPSA) is 78.4 Å². The quantitative estimate of drug-likeness (QED) is 0.608. The summed E-state index contributed by atoms with van der Waals surface area (Å²) in [4.78, 5) is 9.98. The Balaban J connectivity index is 0.00000128. The highest BCUT2D eigenvalue weighted by molar-refractivity contribution is 5.85. The molecular formula is C9H10ClFN2O3. The van der Waals surface area contributed by atoms with E-state index in [4.69, 9.17) is 10.5 Å². The first kappa shape index (κ1) is 12.7. The molecule has 0 saturated carbocycles. The summed E-state index contributed by atoms with van der Waals surface area (Å²) in [5.74, 6) is -0.568. The summed E-state index contributed by atoms with van der Waals surface area (Å²) < 4.78 is 18.2. The molecule has 1 aliphatic heterocycles. The van der Waals surface area contributed by atoms with Crippen LogP contribution < -0.4 is 10.5 Å². The second-order valence-electron chi connectivity index (χ2n) is 3.34. The average Bonchev–Trinajstić information content (AvgIpc) is 2.18. The second-order valence-corrected chi connectivity index (χ2v) is 3.34. The Hall–Kier alpha value is -1.40. The van der Waals surface area contributed by atoms with Gasteiger partial charge in [0.05, 0.1) is 17.6 Å². The summed E-state index contributed by atoms with van der Waals surface area (Å²) >= 11 is 0. The summed E-state index contributed by atoms with van der Waals surface area (Å²) in [5.41, 5.74) is 5.72. The van der Waals surface area contributed by atoms with E-state index in [1.165, 1.54) is 6.07 Å². The maximum atomic E-state index is 13.1. The van der Waals surface area contributed by atoms with Crippen LogP contribution in [0.1, 0.15) is 18.0 Å². The molecule has 1 heterocycles. The highest BCUT2D eigenvalue weighted by Gasteiger charge is 2.27. The Morgan fingerprint density at radius 1 is 1.56 bits per heavy atom. The molecule has 0 radical (unpaired) electrons. The van der Waals surface area contributed by atoms with Crippen molar-refractivity contribution in [3.63, 3.8) is 0 Å². The van der Waals surface area contributed by atoms with Gasteiger partial charge in [0, 0.05) is 18.0 Å². The second kappa shape index (κ2) is 4.63. The average molecular weight is 249 g/mol. The molecule has 16 heavy (non-hydrogen) atoms. The molecule has 1 aromatic rings. The molecule has 0 bridgehead atoms. The van der Waals surface area contributed by atoms with Gasteiger partial charge in [-0.3, -0.25) is 10.1 Å². The van der Waals surface area contributed by atoms with Gasteiger partial charge >= 0.3 is 5.69 Å². The Labute approximate surface area is 96.9 Å². The van der Waals surface area contributed by atoms with Crippen molar-refractivity contribution < 1.29 is 14.1 Å².